The predicted molar refractivity (Wildman–Crippen MR) is 106 cm³/mol. The molecule has 28 heavy (non-hydrogen) atoms. The maximum Gasteiger partial charge on any atom is 0.226 e. The first-order chi connectivity index (χ1) is 13.8. The van der Waals surface area contributed by atoms with Gasteiger partial charge in [0, 0.05) is 11.3 Å². The lowest BCUT2D eigenvalue weighted by Crippen LogP contribution is -1.98. The van der Waals surface area contributed by atoms with Crippen LogP contribution in [0.3, 0.4) is 0 Å². The third-order valence-electron chi connectivity index (χ3n) is 4.10. The molecule has 0 saturated carbocycles. The Morgan fingerprint density at radius 2 is 1.86 bits per heavy atom. The standard InChI is InChI=1S/C20H18N4O3S/c1-25-16-9-7-14(8-10-16)19-22-15(11-27-19)12-28-20-23-21-13-24(20)17-5-3-4-6-18(17)26-2/h3-11,13H,12H2,1-2H3. The summed E-state index contributed by atoms with van der Waals surface area (Å²) in [7, 11) is 3.28. The van der Waals surface area contributed by atoms with Gasteiger partial charge in [-0.25, -0.2) is 4.98 Å². The summed E-state index contributed by atoms with van der Waals surface area (Å²) in [5, 5.41) is 9.00. The van der Waals surface area contributed by atoms with Gasteiger partial charge in [0.05, 0.1) is 25.6 Å². The van der Waals surface area contributed by atoms with Gasteiger partial charge in [-0.1, -0.05) is 23.9 Å². The first-order valence-corrected chi connectivity index (χ1v) is 9.52. The Bertz CT molecular complexity index is 1060. The molecule has 0 N–H and O–H groups in total. The van der Waals surface area contributed by atoms with Gasteiger partial charge < -0.3 is 13.9 Å². The fourth-order valence-electron chi connectivity index (χ4n) is 2.69. The van der Waals surface area contributed by atoms with Crippen molar-refractivity contribution in [1.29, 1.82) is 0 Å². The normalized spacial score (nSPS) is 10.8. The molecule has 0 aliphatic carbocycles. The minimum absolute atomic E-state index is 0.574. The molecular weight excluding hydrogens is 376 g/mol. The third kappa shape index (κ3) is 3.72. The summed E-state index contributed by atoms with van der Waals surface area (Å²) in [6.07, 6.45) is 3.34. The maximum absolute atomic E-state index is 5.62. The van der Waals surface area contributed by atoms with Gasteiger partial charge in [-0.15, -0.1) is 10.2 Å². The highest BCUT2D eigenvalue weighted by Gasteiger charge is 2.13. The SMILES string of the molecule is COc1ccc(-c2nc(CSc3nncn3-c3ccccc3OC)co2)cc1. The molecular formula is C20H18N4O3S. The zero-order valence-corrected chi connectivity index (χ0v) is 16.2. The van der Waals surface area contributed by atoms with E-state index in [1.165, 1.54) is 11.8 Å². The molecule has 2 heterocycles. The minimum Gasteiger partial charge on any atom is -0.497 e. The molecule has 0 fully saturated rings. The lowest BCUT2D eigenvalue weighted by molar-refractivity contribution is 0.412. The Hall–Kier alpha value is -3.26. The van der Waals surface area contributed by atoms with E-state index in [2.05, 4.69) is 15.2 Å². The number of aromatic nitrogens is 4. The Labute approximate surface area is 166 Å². The number of benzene rings is 2. The summed E-state index contributed by atoms with van der Waals surface area (Å²) in [6, 6.07) is 15.3. The van der Waals surface area contributed by atoms with Crippen LogP contribution in [0.1, 0.15) is 5.69 Å². The summed E-state index contributed by atoms with van der Waals surface area (Å²) in [5.74, 6) is 2.73. The number of hydrogen-bond donors (Lipinski definition) is 0. The van der Waals surface area contributed by atoms with Crippen LogP contribution in [-0.4, -0.2) is 34.0 Å². The van der Waals surface area contributed by atoms with Crippen LogP contribution in [0.4, 0.5) is 0 Å². The zero-order chi connectivity index (χ0) is 19.3. The zero-order valence-electron chi connectivity index (χ0n) is 15.4. The van der Waals surface area contributed by atoms with Crippen molar-refractivity contribution in [2.75, 3.05) is 14.2 Å². The molecule has 0 bridgehead atoms. The molecule has 0 spiro atoms. The second-order valence-electron chi connectivity index (χ2n) is 5.82. The minimum atomic E-state index is 0.574. The van der Waals surface area contributed by atoms with E-state index in [-0.39, 0.29) is 0 Å². The number of hydrogen-bond acceptors (Lipinski definition) is 7. The number of methoxy groups -OCH3 is 2. The van der Waals surface area contributed by atoms with Crippen molar-refractivity contribution in [2.24, 2.45) is 0 Å². The Balaban J connectivity index is 1.49. The summed E-state index contributed by atoms with van der Waals surface area (Å²) < 4.78 is 18.1. The summed E-state index contributed by atoms with van der Waals surface area (Å²) in [5.41, 5.74) is 2.61. The van der Waals surface area contributed by atoms with Crippen LogP contribution in [0, 0.1) is 0 Å². The molecule has 0 radical (unpaired) electrons. The highest BCUT2D eigenvalue weighted by molar-refractivity contribution is 7.98. The average Bonchev–Trinajstić information content (AvgIpc) is 3.41. The Morgan fingerprint density at radius 1 is 1.04 bits per heavy atom. The highest BCUT2D eigenvalue weighted by atomic mass is 32.2. The van der Waals surface area contributed by atoms with Crippen molar-refractivity contribution in [3.63, 3.8) is 0 Å². The van der Waals surface area contributed by atoms with Crippen LogP contribution in [0.25, 0.3) is 17.1 Å². The largest absolute Gasteiger partial charge is 0.497 e. The molecule has 7 nitrogen and oxygen atoms in total. The van der Waals surface area contributed by atoms with Crippen LogP contribution in [-0.2, 0) is 5.75 Å². The van der Waals surface area contributed by atoms with Gasteiger partial charge in [-0.05, 0) is 36.4 Å². The second-order valence-corrected chi connectivity index (χ2v) is 6.76. The lowest BCUT2D eigenvalue weighted by atomic mass is 10.2. The number of rotatable bonds is 7. The second kappa shape index (κ2) is 8.18. The van der Waals surface area contributed by atoms with Crippen molar-refractivity contribution in [3.05, 3.63) is 66.8 Å². The average molecular weight is 394 g/mol. The fraction of sp³-hybridized carbons (Fsp3) is 0.150. The molecule has 0 unspecified atom stereocenters. The molecule has 142 valence electrons. The quantitative estimate of drug-likeness (QED) is 0.434. The van der Waals surface area contributed by atoms with E-state index in [0.29, 0.717) is 11.6 Å². The molecule has 2 aromatic heterocycles. The van der Waals surface area contributed by atoms with Crippen LogP contribution < -0.4 is 9.47 Å². The lowest BCUT2D eigenvalue weighted by Gasteiger charge is -2.10. The van der Waals surface area contributed by atoms with Crippen molar-refractivity contribution < 1.29 is 13.9 Å². The van der Waals surface area contributed by atoms with Gasteiger partial charge in [0.15, 0.2) is 5.16 Å². The van der Waals surface area contributed by atoms with E-state index in [9.17, 15) is 0 Å². The number of ether oxygens (including phenoxy) is 2. The predicted octanol–water partition coefficient (Wildman–Crippen LogP) is 4.23. The molecule has 0 atom stereocenters. The molecule has 0 aliphatic rings. The molecule has 0 amide bonds. The molecule has 2 aromatic carbocycles. The van der Waals surface area contributed by atoms with E-state index in [0.717, 1.165) is 33.6 Å². The van der Waals surface area contributed by atoms with E-state index >= 15 is 0 Å². The molecule has 0 aliphatic heterocycles. The molecule has 4 aromatic rings. The highest BCUT2D eigenvalue weighted by Crippen LogP contribution is 2.29. The van der Waals surface area contributed by atoms with Crippen molar-refractivity contribution in [2.45, 2.75) is 10.9 Å². The number of para-hydroxylation sites is 2. The van der Waals surface area contributed by atoms with E-state index in [4.69, 9.17) is 13.9 Å². The monoisotopic (exact) mass is 394 g/mol. The molecule has 8 heteroatoms. The van der Waals surface area contributed by atoms with Crippen molar-refractivity contribution in [1.82, 2.24) is 19.7 Å². The Morgan fingerprint density at radius 3 is 2.64 bits per heavy atom. The first kappa shape index (κ1) is 18.1. The summed E-state index contributed by atoms with van der Waals surface area (Å²) >= 11 is 1.53. The number of thioether (sulfide) groups is 1. The van der Waals surface area contributed by atoms with Crippen LogP contribution in [0.2, 0.25) is 0 Å². The summed E-state index contributed by atoms with van der Waals surface area (Å²) in [4.78, 5) is 4.56. The van der Waals surface area contributed by atoms with Gasteiger partial charge in [0.25, 0.3) is 0 Å². The maximum atomic E-state index is 5.62. The van der Waals surface area contributed by atoms with Crippen LogP contribution in [0.15, 0.2) is 70.7 Å². The Kier molecular flexibility index (Phi) is 5.29. The van der Waals surface area contributed by atoms with Gasteiger partial charge in [-0.2, -0.15) is 0 Å². The third-order valence-corrected chi connectivity index (χ3v) is 5.08. The van der Waals surface area contributed by atoms with Gasteiger partial charge in [-0.3, -0.25) is 4.57 Å². The van der Waals surface area contributed by atoms with Crippen molar-refractivity contribution >= 4 is 11.8 Å². The van der Waals surface area contributed by atoms with Crippen LogP contribution >= 0.6 is 11.8 Å². The number of oxazole rings is 1. The van der Waals surface area contributed by atoms with E-state index in [1.807, 2.05) is 53.1 Å². The topological polar surface area (TPSA) is 75.2 Å². The molecule has 0 saturated heterocycles. The number of nitrogens with zero attached hydrogens (tertiary/aromatic N) is 4. The van der Waals surface area contributed by atoms with Gasteiger partial charge >= 0.3 is 0 Å². The van der Waals surface area contributed by atoms with Gasteiger partial charge in [0.1, 0.15) is 24.1 Å². The molecule has 4 rings (SSSR count). The smallest absolute Gasteiger partial charge is 0.226 e. The summed E-state index contributed by atoms with van der Waals surface area (Å²) in [6.45, 7) is 0. The fourth-order valence-corrected chi connectivity index (χ4v) is 3.49. The van der Waals surface area contributed by atoms with Gasteiger partial charge in [0.2, 0.25) is 5.89 Å². The van der Waals surface area contributed by atoms with E-state index < -0.39 is 0 Å². The first-order valence-electron chi connectivity index (χ1n) is 8.53. The van der Waals surface area contributed by atoms with Crippen molar-refractivity contribution in [3.8, 4) is 28.6 Å². The van der Waals surface area contributed by atoms with Crippen LogP contribution in [0.5, 0.6) is 11.5 Å². The van der Waals surface area contributed by atoms with E-state index in [1.54, 1.807) is 26.8 Å².